The summed E-state index contributed by atoms with van der Waals surface area (Å²) in [6, 6.07) is 9.67. The number of fused-ring (bicyclic) bond motifs is 1. The third-order valence-electron chi connectivity index (χ3n) is 6.72. The molecule has 3 amide bonds. The van der Waals surface area contributed by atoms with Crippen molar-refractivity contribution < 1.29 is 23.9 Å². The molecule has 3 aromatic carbocycles. The van der Waals surface area contributed by atoms with Crippen LogP contribution in [0.2, 0.25) is 25.1 Å². The Balaban J connectivity index is 1.35. The van der Waals surface area contributed by atoms with E-state index in [0.717, 1.165) is 10.5 Å². The number of carbonyl (C=O) groups is 4. The first kappa shape index (κ1) is 27.7. The van der Waals surface area contributed by atoms with Crippen molar-refractivity contribution in [3.63, 3.8) is 0 Å². The maximum atomic E-state index is 13.2. The van der Waals surface area contributed by atoms with Crippen molar-refractivity contribution in [2.24, 2.45) is 5.92 Å². The first-order chi connectivity index (χ1) is 18.4. The predicted octanol–water partition coefficient (Wildman–Crippen LogP) is 7.33. The Labute approximate surface area is 248 Å². The number of hydrogen-bond donors (Lipinski definition) is 0. The van der Waals surface area contributed by atoms with E-state index in [9.17, 15) is 19.2 Å². The lowest BCUT2D eigenvalue weighted by Crippen LogP contribution is -2.30. The maximum Gasteiger partial charge on any atom is 0.316 e. The van der Waals surface area contributed by atoms with Gasteiger partial charge in [0.2, 0.25) is 5.91 Å². The van der Waals surface area contributed by atoms with E-state index in [1.807, 2.05) is 0 Å². The molecular weight excluding hydrogens is 610 g/mol. The predicted molar refractivity (Wildman–Crippen MR) is 151 cm³/mol. The number of benzene rings is 3. The van der Waals surface area contributed by atoms with E-state index in [1.54, 1.807) is 32.0 Å². The van der Waals surface area contributed by atoms with Gasteiger partial charge in [-0.15, -0.1) is 0 Å². The number of rotatable bonds is 4. The first-order valence-corrected chi connectivity index (χ1v) is 13.4. The Morgan fingerprint density at radius 3 is 2.05 bits per heavy atom. The molecule has 200 valence electrons. The monoisotopic (exact) mass is 624 g/mol. The van der Waals surface area contributed by atoms with Gasteiger partial charge in [-0.3, -0.25) is 19.2 Å². The second-order valence-corrected chi connectivity index (χ2v) is 11.0. The molecule has 1 fully saturated rings. The van der Waals surface area contributed by atoms with Gasteiger partial charge in [0, 0.05) is 23.7 Å². The molecular formula is C27H17Cl5N2O5. The van der Waals surface area contributed by atoms with E-state index in [1.165, 1.54) is 23.1 Å². The van der Waals surface area contributed by atoms with Crippen molar-refractivity contribution in [2.75, 3.05) is 16.3 Å². The molecule has 3 aromatic rings. The Bertz CT molecular complexity index is 1580. The minimum atomic E-state index is -0.714. The maximum absolute atomic E-state index is 13.2. The van der Waals surface area contributed by atoms with Gasteiger partial charge in [0.05, 0.1) is 42.8 Å². The van der Waals surface area contributed by atoms with Crippen molar-refractivity contribution >= 4 is 93.1 Å². The van der Waals surface area contributed by atoms with Crippen LogP contribution in [0.1, 0.15) is 38.3 Å². The summed E-state index contributed by atoms with van der Waals surface area (Å²) in [5, 5.41) is -0.0655. The van der Waals surface area contributed by atoms with Crippen LogP contribution in [0.5, 0.6) is 5.75 Å². The number of carbonyl (C=O) groups excluding carboxylic acids is 4. The summed E-state index contributed by atoms with van der Waals surface area (Å²) in [4.78, 5) is 54.4. The van der Waals surface area contributed by atoms with Crippen LogP contribution in [0.15, 0.2) is 36.4 Å². The van der Waals surface area contributed by atoms with Crippen LogP contribution in [0.3, 0.4) is 0 Å². The molecule has 0 unspecified atom stereocenters. The van der Waals surface area contributed by atoms with E-state index in [2.05, 4.69) is 0 Å². The first-order valence-electron chi connectivity index (χ1n) is 11.5. The number of halogens is 5. The zero-order chi connectivity index (χ0) is 28.3. The molecule has 0 radical (unpaired) electrons. The van der Waals surface area contributed by atoms with Crippen molar-refractivity contribution in [2.45, 2.75) is 20.3 Å². The molecule has 7 nitrogen and oxygen atoms in total. The van der Waals surface area contributed by atoms with Gasteiger partial charge in [-0.25, -0.2) is 4.90 Å². The fourth-order valence-electron chi connectivity index (χ4n) is 4.70. The average Bonchev–Trinajstić information content (AvgIpc) is 3.40. The SMILES string of the molecule is Cc1cc(OC(=O)[C@H]2CC(=O)N(c3cccc(Cl)c3C)C2)ccc1N1C(=O)c2c(Cl)c(Cl)c(Cl)c(Cl)c2C1=O. The van der Waals surface area contributed by atoms with Gasteiger partial charge in [0.25, 0.3) is 11.8 Å². The Hall–Kier alpha value is -2.81. The second-order valence-electron chi connectivity index (χ2n) is 9.11. The molecule has 2 aliphatic heterocycles. The third kappa shape index (κ3) is 4.56. The topological polar surface area (TPSA) is 84.0 Å². The highest BCUT2D eigenvalue weighted by atomic mass is 35.5. The van der Waals surface area contributed by atoms with Crippen molar-refractivity contribution in [3.05, 3.63) is 83.8 Å². The molecule has 0 saturated carbocycles. The van der Waals surface area contributed by atoms with Gasteiger partial charge in [0.1, 0.15) is 5.75 Å². The molecule has 1 atom stereocenters. The molecule has 2 heterocycles. The second kappa shape index (κ2) is 10.3. The Morgan fingerprint density at radius 2 is 1.46 bits per heavy atom. The molecule has 0 aliphatic carbocycles. The zero-order valence-electron chi connectivity index (χ0n) is 20.3. The summed E-state index contributed by atoms with van der Waals surface area (Å²) in [6.45, 7) is 3.60. The van der Waals surface area contributed by atoms with Crippen molar-refractivity contribution in [1.29, 1.82) is 0 Å². The number of hydrogen-bond acceptors (Lipinski definition) is 5. The Morgan fingerprint density at radius 1 is 0.846 bits per heavy atom. The van der Waals surface area contributed by atoms with Gasteiger partial charge < -0.3 is 9.64 Å². The number of amides is 3. The molecule has 0 N–H and O–H groups in total. The molecule has 0 spiro atoms. The Kier molecular flexibility index (Phi) is 7.33. The molecule has 39 heavy (non-hydrogen) atoms. The molecule has 1 saturated heterocycles. The van der Waals surface area contributed by atoms with E-state index in [4.69, 9.17) is 62.7 Å². The number of aryl methyl sites for hydroxylation is 1. The van der Waals surface area contributed by atoms with Crippen LogP contribution >= 0.6 is 58.0 Å². The quantitative estimate of drug-likeness (QED) is 0.0996. The molecule has 12 heteroatoms. The van der Waals surface area contributed by atoms with Crippen LogP contribution in [0.4, 0.5) is 11.4 Å². The fourth-order valence-corrected chi connectivity index (χ4v) is 5.88. The number of imide groups is 1. The highest BCUT2D eigenvalue weighted by Crippen LogP contribution is 2.46. The minimum Gasteiger partial charge on any atom is -0.426 e. The lowest BCUT2D eigenvalue weighted by Gasteiger charge is -2.20. The fraction of sp³-hybridized carbons (Fsp3) is 0.185. The van der Waals surface area contributed by atoms with Crippen LogP contribution in [0, 0.1) is 19.8 Å². The standard InChI is InChI=1S/C27H17Cl5N2O5/c1-11-8-14(39-27(38)13-9-18(35)33(10-13)17-5-3-4-15(28)12(17)2)6-7-16(11)34-25(36)19-20(26(34)37)22(30)24(32)23(31)21(19)29/h3-8,13H,9-10H2,1-2H3/t13-/m0/s1. The average molecular weight is 627 g/mol. The van der Waals surface area contributed by atoms with E-state index >= 15 is 0 Å². The molecule has 2 aliphatic rings. The number of ether oxygens (including phenoxy) is 1. The summed E-state index contributed by atoms with van der Waals surface area (Å²) in [7, 11) is 0. The molecule has 5 rings (SSSR count). The highest BCUT2D eigenvalue weighted by Gasteiger charge is 2.43. The third-order valence-corrected chi connectivity index (χ3v) is 8.93. The lowest BCUT2D eigenvalue weighted by atomic mass is 10.1. The van der Waals surface area contributed by atoms with Gasteiger partial charge in [0.15, 0.2) is 0 Å². The lowest BCUT2D eigenvalue weighted by molar-refractivity contribution is -0.139. The summed E-state index contributed by atoms with van der Waals surface area (Å²) >= 11 is 30.8. The van der Waals surface area contributed by atoms with E-state index in [-0.39, 0.29) is 61.5 Å². The molecule has 0 aromatic heterocycles. The summed E-state index contributed by atoms with van der Waals surface area (Å²) in [5.41, 5.74) is 1.81. The van der Waals surface area contributed by atoms with Crippen LogP contribution < -0.4 is 14.5 Å². The van der Waals surface area contributed by atoms with E-state index in [0.29, 0.717) is 16.3 Å². The normalized spacial score (nSPS) is 16.8. The summed E-state index contributed by atoms with van der Waals surface area (Å²) in [6.07, 6.45) is -0.0104. The largest absolute Gasteiger partial charge is 0.426 e. The van der Waals surface area contributed by atoms with Gasteiger partial charge >= 0.3 is 5.97 Å². The minimum absolute atomic E-state index is 0.0104. The van der Waals surface area contributed by atoms with Crippen LogP contribution in [0.25, 0.3) is 0 Å². The smallest absolute Gasteiger partial charge is 0.316 e. The summed E-state index contributed by atoms with van der Waals surface area (Å²) < 4.78 is 5.56. The van der Waals surface area contributed by atoms with E-state index < -0.39 is 23.7 Å². The van der Waals surface area contributed by atoms with Crippen LogP contribution in [-0.4, -0.2) is 30.2 Å². The number of nitrogens with zero attached hydrogens (tertiary/aromatic N) is 2. The van der Waals surface area contributed by atoms with Crippen LogP contribution in [-0.2, 0) is 9.59 Å². The summed E-state index contributed by atoms with van der Waals surface area (Å²) in [5.74, 6) is -2.72. The zero-order valence-corrected chi connectivity index (χ0v) is 24.1. The van der Waals surface area contributed by atoms with Crippen molar-refractivity contribution in [3.8, 4) is 5.75 Å². The van der Waals surface area contributed by atoms with Crippen molar-refractivity contribution in [1.82, 2.24) is 0 Å². The molecule has 0 bridgehead atoms. The van der Waals surface area contributed by atoms with Gasteiger partial charge in [-0.05, 0) is 55.3 Å². The van der Waals surface area contributed by atoms with Gasteiger partial charge in [-0.1, -0.05) is 64.1 Å². The highest BCUT2D eigenvalue weighted by molar-refractivity contribution is 6.56. The number of esters is 1. The number of anilines is 2. The van der Waals surface area contributed by atoms with Gasteiger partial charge in [-0.2, -0.15) is 0 Å².